The molecule has 0 spiro atoms. The Labute approximate surface area is 115 Å². The molecule has 0 aliphatic rings. The van der Waals surface area contributed by atoms with Crippen molar-refractivity contribution in [2.45, 2.75) is 20.4 Å². The van der Waals surface area contributed by atoms with E-state index in [1.165, 1.54) is 0 Å². The summed E-state index contributed by atoms with van der Waals surface area (Å²) in [6.45, 7) is 4.49. The molecule has 18 heavy (non-hydrogen) atoms. The molecule has 0 radical (unpaired) electrons. The molecule has 0 atom stereocenters. The van der Waals surface area contributed by atoms with Crippen molar-refractivity contribution in [2.75, 3.05) is 5.32 Å². The highest BCUT2D eigenvalue weighted by Crippen LogP contribution is 2.21. The van der Waals surface area contributed by atoms with E-state index in [4.69, 9.17) is 23.2 Å². The highest BCUT2D eigenvalue weighted by Gasteiger charge is 2.10. The standard InChI is InChI=1S/C11H13Cl2N5/c1-6-9(7(2)18(3)17-6)14-4-8-5-15-11(13)16-10(8)12/h5,14H,4H2,1-3H3. The Balaban J connectivity index is 2.16. The second kappa shape index (κ2) is 5.12. The van der Waals surface area contributed by atoms with E-state index >= 15 is 0 Å². The topological polar surface area (TPSA) is 55.6 Å². The Hall–Kier alpha value is -1.33. The van der Waals surface area contributed by atoms with E-state index in [-0.39, 0.29) is 5.28 Å². The predicted octanol–water partition coefficient (Wildman–Crippen LogP) is 2.75. The first kappa shape index (κ1) is 13.1. The lowest BCUT2D eigenvalue weighted by Crippen LogP contribution is -2.04. The SMILES string of the molecule is Cc1nn(C)c(C)c1NCc1cnc(Cl)nc1Cl. The van der Waals surface area contributed by atoms with Gasteiger partial charge in [-0.2, -0.15) is 5.10 Å². The van der Waals surface area contributed by atoms with E-state index in [1.807, 2.05) is 25.6 Å². The molecule has 0 saturated carbocycles. The first-order valence-electron chi connectivity index (χ1n) is 5.40. The van der Waals surface area contributed by atoms with Crippen LogP contribution in [0.25, 0.3) is 0 Å². The lowest BCUT2D eigenvalue weighted by Gasteiger charge is -2.07. The van der Waals surface area contributed by atoms with Gasteiger partial charge in [-0.25, -0.2) is 9.97 Å². The molecule has 2 aromatic rings. The predicted molar refractivity (Wildman–Crippen MR) is 72.1 cm³/mol. The van der Waals surface area contributed by atoms with Gasteiger partial charge in [-0.3, -0.25) is 4.68 Å². The highest BCUT2D eigenvalue weighted by atomic mass is 35.5. The molecule has 2 heterocycles. The molecule has 0 aromatic carbocycles. The lowest BCUT2D eigenvalue weighted by atomic mass is 10.3. The number of rotatable bonds is 3. The smallest absolute Gasteiger partial charge is 0.223 e. The van der Waals surface area contributed by atoms with Gasteiger partial charge in [0.2, 0.25) is 5.28 Å². The minimum atomic E-state index is 0.150. The third-order valence-corrected chi connectivity index (χ3v) is 3.26. The molecule has 96 valence electrons. The van der Waals surface area contributed by atoms with Gasteiger partial charge in [-0.1, -0.05) is 11.6 Å². The zero-order valence-electron chi connectivity index (χ0n) is 10.3. The average Bonchev–Trinajstić information content (AvgIpc) is 2.53. The van der Waals surface area contributed by atoms with Crippen LogP contribution in [0.4, 0.5) is 5.69 Å². The summed E-state index contributed by atoms with van der Waals surface area (Å²) in [6, 6.07) is 0. The molecule has 0 aliphatic carbocycles. The fourth-order valence-corrected chi connectivity index (χ4v) is 2.07. The van der Waals surface area contributed by atoms with E-state index in [0.29, 0.717) is 11.7 Å². The third kappa shape index (κ3) is 2.57. The van der Waals surface area contributed by atoms with Crippen LogP contribution in [-0.4, -0.2) is 19.7 Å². The summed E-state index contributed by atoms with van der Waals surface area (Å²) in [4.78, 5) is 7.81. The number of halogens is 2. The summed E-state index contributed by atoms with van der Waals surface area (Å²) in [5, 5.41) is 8.13. The summed E-state index contributed by atoms with van der Waals surface area (Å²) in [5.74, 6) is 0. The van der Waals surface area contributed by atoms with E-state index < -0.39 is 0 Å². The Kier molecular flexibility index (Phi) is 3.73. The van der Waals surface area contributed by atoms with Crippen LogP contribution in [-0.2, 0) is 13.6 Å². The van der Waals surface area contributed by atoms with Gasteiger partial charge in [-0.15, -0.1) is 0 Å². The molecular weight excluding hydrogens is 273 g/mol. The Morgan fingerprint density at radius 3 is 2.61 bits per heavy atom. The largest absolute Gasteiger partial charge is 0.378 e. The Morgan fingerprint density at radius 1 is 1.33 bits per heavy atom. The maximum absolute atomic E-state index is 5.98. The minimum Gasteiger partial charge on any atom is -0.378 e. The average molecular weight is 286 g/mol. The van der Waals surface area contributed by atoms with Crippen molar-refractivity contribution < 1.29 is 0 Å². The fraction of sp³-hybridized carbons (Fsp3) is 0.364. The van der Waals surface area contributed by atoms with Gasteiger partial charge in [0.05, 0.1) is 17.1 Å². The monoisotopic (exact) mass is 285 g/mol. The molecule has 1 N–H and O–H groups in total. The summed E-state index contributed by atoms with van der Waals surface area (Å²) in [7, 11) is 1.91. The number of anilines is 1. The number of hydrogen-bond acceptors (Lipinski definition) is 4. The van der Waals surface area contributed by atoms with Crippen LogP contribution >= 0.6 is 23.2 Å². The van der Waals surface area contributed by atoms with Gasteiger partial charge in [0.15, 0.2) is 0 Å². The summed E-state index contributed by atoms with van der Waals surface area (Å²) < 4.78 is 1.83. The molecule has 2 aromatic heterocycles. The zero-order valence-corrected chi connectivity index (χ0v) is 11.8. The Bertz CT molecular complexity index is 579. The van der Waals surface area contributed by atoms with Crippen LogP contribution in [0.3, 0.4) is 0 Å². The maximum atomic E-state index is 5.98. The third-order valence-electron chi connectivity index (χ3n) is 2.75. The highest BCUT2D eigenvalue weighted by molar-refractivity contribution is 6.32. The molecule has 0 unspecified atom stereocenters. The second-order valence-corrected chi connectivity index (χ2v) is 4.67. The lowest BCUT2D eigenvalue weighted by molar-refractivity contribution is 0.731. The summed E-state index contributed by atoms with van der Waals surface area (Å²) >= 11 is 11.6. The van der Waals surface area contributed by atoms with Crippen LogP contribution in [0.1, 0.15) is 17.0 Å². The number of nitrogens with one attached hydrogen (secondary N) is 1. The van der Waals surface area contributed by atoms with Crippen molar-refractivity contribution in [1.82, 2.24) is 19.7 Å². The van der Waals surface area contributed by atoms with Crippen molar-refractivity contribution in [3.63, 3.8) is 0 Å². The molecule has 0 aliphatic heterocycles. The number of hydrogen-bond donors (Lipinski definition) is 1. The summed E-state index contributed by atoms with van der Waals surface area (Å²) in [5.41, 5.74) is 3.81. The number of aromatic nitrogens is 4. The fourth-order valence-electron chi connectivity index (χ4n) is 1.70. The van der Waals surface area contributed by atoms with Crippen molar-refractivity contribution in [1.29, 1.82) is 0 Å². The van der Waals surface area contributed by atoms with E-state index in [9.17, 15) is 0 Å². The molecule has 0 amide bonds. The first-order chi connectivity index (χ1) is 8.49. The van der Waals surface area contributed by atoms with Gasteiger partial charge in [0.25, 0.3) is 0 Å². The zero-order chi connectivity index (χ0) is 13.3. The van der Waals surface area contributed by atoms with Crippen LogP contribution < -0.4 is 5.32 Å². The number of nitrogens with zero attached hydrogens (tertiary/aromatic N) is 4. The van der Waals surface area contributed by atoms with Crippen molar-refractivity contribution >= 4 is 28.9 Å². The second-order valence-electron chi connectivity index (χ2n) is 3.98. The maximum Gasteiger partial charge on any atom is 0.223 e. The molecule has 0 saturated heterocycles. The number of aryl methyl sites for hydroxylation is 2. The van der Waals surface area contributed by atoms with Gasteiger partial charge in [0, 0.05) is 25.4 Å². The van der Waals surface area contributed by atoms with E-state index in [2.05, 4.69) is 20.4 Å². The molecular formula is C11H13Cl2N5. The summed E-state index contributed by atoms with van der Waals surface area (Å²) in [6.07, 6.45) is 1.62. The quantitative estimate of drug-likeness (QED) is 0.696. The van der Waals surface area contributed by atoms with Gasteiger partial charge >= 0.3 is 0 Å². The molecule has 0 bridgehead atoms. The minimum absolute atomic E-state index is 0.150. The first-order valence-corrected chi connectivity index (χ1v) is 6.15. The van der Waals surface area contributed by atoms with Crippen LogP contribution in [0.5, 0.6) is 0 Å². The van der Waals surface area contributed by atoms with Crippen molar-refractivity contribution in [3.05, 3.63) is 33.6 Å². The van der Waals surface area contributed by atoms with Crippen LogP contribution in [0, 0.1) is 13.8 Å². The van der Waals surface area contributed by atoms with Gasteiger partial charge in [0.1, 0.15) is 5.15 Å². The van der Waals surface area contributed by atoms with E-state index in [1.54, 1.807) is 6.20 Å². The van der Waals surface area contributed by atoms with Crippen molar-refractivity contribution in [3.8, 4) is 0 Å². The Morgan fingerprint density at radius 2 is 2.06 bits per heavy atom. The van der Waals surface area contributed by atoms with Gasteiger partial charge < -0.3 is 5.32 Å². The molecule has 2 rings (SSSR count). The van der Waals surface area contributed by atoms with E-state index in [0.717, 1.165) is 22.6 Å². The molecule has 5 nitrogen and oxygen atoms in total. The molecule has 7 heteroatoms. The van der Waals surface area contributed by atoms with Gasteiger partial charge in [-0.05, 0) is 25.4 Å². The van der Waals surface area contributed by atoms with Crippen molar-refractivity contribution in [2.24, 2.45) is 7.05 Å². The molecule has 0 fully saturated rings. The van der Waals surface area contributed by atoms with Crippen LogP contribution in [0.2, 0.25) is 10.4 Å². The normalized spacial score (nSPS) is 10.7. The van der Waals surface area contributed by atoms with Crippen LogP contribution in [0.15, 0.2) is 6.20 Å².